The zero-order valence-electron chi connectivity index (χ0n) is 10.4. The van der Waals surface area contributed by atoms with Crippen LogP contribution in [0.5, 0.6) is 5.75 Å². The topological polar surface area (TPSA) is 21.3 Å². The Labute approximate surface area is 103 Å². The second-order valence-corrected chi connectivity index (χ2v) is 4.68. The van der Waals surface area contributed by atoms with Crippen LogP contribution in [-0.2, 0) is 0 Å². The van der Waals surface area contributed by atoms with E-state index in [2.05, 4.69) is 26.1 Å². The Hall–Kier alpha value is -0.890. The highest BCUT2D eigenvalue weighted by Gasteiger charge is 2.13. The van der Waals surface area contributed by atoms with Crippen molar-refractivity contribution in [2.75, 3.05) is 12.4 Å². The predicted molar refractivity (Wildman–Crippen MR) is 70.5 cm³/mol. The number of rotatable bonds is 5. The van der Waals surface area contributed by atoms with Crippen LogP contribution in [0.3, 0.4) is 0 Å². The van der Waals surface area contributed by atoms with Crippen LogP contribution >= 0.6 is 11.6 Å². The zero-order chi connectivity index (χ0) is 12.1. The van der Waals surface area contributed by atoms with Gasteiger partial charge in [-0.15, -0.1) is 0 Å². The highest BCUT2D eigenvalue weighted by Crippen LogP contribution is 2.29. The van der Waals surface area contributed by atoms with Crippen molar-refractivity contribution in [3.63, 3.8) is 0 Å². The molecular weight excluding hydrogens is 222 g/mol. The maximum absolute atomic E-state index is 5.98. The van der Waals surface area contributed by atoms with Crippen molar-refractivity contribution in [3.05, 3.63) is 23.2 Å². The minimum atomic E-state index is 0.437. The third-order valence-electron chi connectivity index (χ3n) is 2.75. The van der Waals surface area contributed by atoms with Gasteiger partial charge in [0, 0.05) is 11.1 Å². The summed E-state index contributed by atoms with van der Waals surface area (Å²) in [5.74, 6) is 1.41. The van der Waals surface area contributed by atoms with E-state index in [1.165, 1.54) is 0 Å². The van der Waals surface area contributed by atoms with Gasteiger partial charge in [-0.25, -0.2) is 0 Å². The average Bonchev–Trinajstić information content (AvgIpc) is 2.25. The fraction of sp³-hybridized carbons (Fsp3) is 0.538. The van der Waals surface area contributed by atoms with Gasteiger partial charge in [0.2, 0.25) is 0 Å². The second-order valence-electron chi connectivity index (χ2n) is 4.25. The quantitative estimate of drug-likeness (QED) is 0.835. The van der Waals surface area contributed by atoms with E-state index in [1.54, 1.807) is 7.11 Å². The van der Waals surface area contributed by atoms with Gasteiger partial charge in [0.15, 0.2) is 0 Å². The van der Waals surface area contributed by atoms with Crippen LogP contribution in [0.1, 0.15) is 27.2 Å². The Morgan fingerprint density at radius 1 is 1.38 bits per heavy atom. The van der Waals surface area contributed by atoms with E-state index in [1.807, 2.05) is 18.2 Å². The van der Waals surface area contributed by atoms with E-state index in [0.717, 1.165) is 22.9 Å². The van der Waals surface area contributed by atoms with E-state index in [4.69, 9.17) is 16.3 Å². The minimum absolute atomic E-state index is 0.437. The van der Waals surface area contributed by atoms with Crippen LogP contribution in [0.4, 0.5) is 5.69 Å². The van der Waals surface area contributed by atoms with Gasteiger partial charge in [-0.3, -0.25) is 0 Å². The summed E-state index contributed by atoms with van der Waals surface area (Å²) in [5, 5.41) is 4.20. The number of benzene rings is 1. The van der Waals surface area contributed by atoms with Crippen molar-refractivity contribution in [1.82, 2.24) is 0 Å². The third-order valence-corrected chi connectivity index (χ3v) is 2.98. The molecule has 0 aromatic heterocycles. The molecule has 1 atom stereocenters. The number of ether oxygens (including phenoxy) is 1. The Balaban J connectivity index is 2.89. The SMILES string of the molecule is CCC(Nc1cc(Cl)ccc1OC)C(C)C. The maximum atomic E-state index is 5.98. The Morgan fingerprint density at radius 2 is 2.06 bits per heavy atom. The molecule has 0 saturated heterocycles. The molecule has 1 N–H and O–H groups in total. The van der Waals surface area contributed by atoms with Gasteiger partial charge < -0.3 is 10.1 Å². The van der Waals surface area contributed by atoms with Crippen LogP contribution in [0.2, 0.25) is 5.02 Å². The van der Waals surface area contributed by atoms with Crippen LogP contribution < -0.4 is 10.1 Å². The van der Waals surface area contributed by atoms with E-state index < -0.39 is 0 Å². The summed E-state index contributed by atoms with van der Waals surface area (Å²) in [4.78, 5) is 0. The third kappa shape index (κ3) is 3.31. The molecule has 0 aliphatic carbocycles. The lowest BCUT2D eigenvalue weighted by molar-refractivity contribution is 0.414. The van der Waals surface area contributed by atoms with Crippen LogP contribution in [0.25, 0.3) is 0 Å². The lowest BCUT2D eigenvalue weighted by atomic mass is 10.0. The molecule has 1 unspecified atom stereocenters. The van der Waals surface area contributed by atoms with Crippen LogP contribution in [-0.4, -0.2) is 13.2 Å². The Morgan fingerprint density at radius 3 is 2.56 bits per heavy atom. The van der Waals surface area contributed by atoms with E-state index in [0.29, 0.717) is 12.0 Å². The normalized spacial score (nSPS) is 12.6. The lowest BCUT2D eigenvalue weighted by Crippen LogP contribution is -2.24. The summed E-state index contributed by atoms with van der Waals surface area (Å²) in [7, 11) is 1.67. The van der Waals surface area contributed by atoms with Crippen molar-refractivity contribution < 1.29 is 4.74 Å². The highest BCUT2D eigenvalue weighted by atomic mass is 35.5. The van der Waals surface area contributed by atoms with Gasteiger partial charge in [-0.05, 0) is 30.5 Å². The lowest BCUT2D eigenvalue weighted by Gasteiger charge is -2.23. The minimum Gasteiger partial charge on any atom is -0.495 e. The van der Waals surface area contributed by atoms with E-state index in [-0.39, 0.29) is 0 Å². The van der Waals surface area contributed by atoms with Crippen molar-refractivity contribution >= 4 is 17.3 Å². The highest BCUT2D eigenvalue weighted by molar-refractivity contribution is 6.30. The predicted octanol–water partition coefficient (Wildman–Crippen LogP) is 4.20. The van der Waals surface area contributed by atoms with Gasteiger partial charge in [0.25, 0.3) is 0 Å². The molecule has 3 heteroatoms. The van der Waals surface area contributed by atoms with Gasteiger partial charge >= 0.3 is 0 Å². The fourth-order valence-electron chi connectivity index (χ4n) is 1.73. The summed E-state index contributed by atoms with van der Waals surface area (Å²) < 4.78 is 5.30. The second kappa shape index (κ2) is 6.00. The first kappa shape index (κ1) is 13.2. The fourth-order valence-corrected chi connectivity index (χ4v) is 1.90. The summed E-state index contributed by atoms with van der Waals surface area (Å²) in [6.07, 6.45) is 1.08. The van der Waals surface area contributed by atoms with Crippen molar-refractivity contribution in [2.24, 2.45) is 5.92 Å². The Bertz CT molecular complexity index is 339. The van der Waals surface area contributed by atoms with Gasteiger partial charge in [-0.2, -0.15) is 0 Å². The average molecular weight is 242 g/mol. The number of methoxy groups -OCH3 is 1. The summed E-state index contributed by atoms with van der Waals surface area (Å²) in [6, 6.07) is 6.07. The largest absolute Gasteiger partial charge is 0.495 e. The number of hydrogen-bond acceptors (Lipinski definition) is 2. The first-order valence-electron chi connectivity index (χ1n) is 5.68. The van der Waals surface area contributed by atoms with Crippen LogP contribution in [0, 0.1) is 5.92 Å². The standard InChI is InChI=1S/C13H20ClNO/c1-5-11(9(2)3)15-12-8-10(14)6-7-13(12)16-4/h6-9,11,15H,5H2,1-4H3. The van der Waals surface area contributed by atoms with E-state index >= 15 is 0 Å². The number of anilines is 1. The monoisotopic (exact) mass is 241 g/mol. The molecule has 90 valence electrons. The van der Waals surface area contributed by atoms with Crippen molar-refractivity contribution in [3.8, 4) is 5.75 Å². The van der Waals surface area contributed by atoms with Crippen molar-refractivity contribution in [1.29, 1.82) is 0 Å². The summed E-state index contributed by atoms with van der Waals surface area (Å²) in [6.45, 7) is 6.59. The Kier molecular flexibility index (Phi) is 4.94. The summed E-state index contributed by atoms with van der Waals surface area (Å²) in [5.41, 5.74) is 0.968. The number of nitrogens with one attached hydrogen (secondary N) is 1. The van der Waals surface area contributed by atoms with Crippen LogP contribution in [0.15, 0.2) is 18.2 Å². The van der Waals surface area contributed by atoms with Gasteiger partial charge in [0.1, 0.15) is 5.75 Å². The molecular formula is C13H20ClNO. The van der Waals surface area contributed by atoms with Crippen molar-refractivity contribution in [2.45, 2.75) is 33.2 Å². The molecule has 0 fully saturated rings. The molecule has 1 rings (SSSR count). The molecule has 0 spiro atoms. The molecule has 1 aromatic carbocycles. The molecule has 0 aliphatic heterocycles. The molecule has 0 bridgehead atoms. The first-order chi connectivity index (χ1) is 7.58. The molecule has 2 nitrogen and oxygen atoms in total. The van der Waals surface area contributed by atoms with E-state index in [9.17, 15) is 0 Å². The molecule has 16 heavy (non-hydrogen) atoms. The van der Waals surface area contributed by atoms with Gasteiger partial charge in [0.05, 0.1) is 12.8 Å². The number of halogens is 1. The smallest absolute Gasteiger partial charge is 0.142 e. The molecule has 0 saturated carbocycles. The summed E-state index contributed by atoms with van der Waals surface area (Å²) >= 11 is 5.98. The van der Waals surface area contributed by atoms with Gasteiger partial charge in [-0.1, -0.05) is 32.4 Å². The number of hydrogen-bond donors (Lipinski definition) is 1. The molecule has 0 aliphatic rings. The molecule has 0 heterocycles. The zero-order valence-corrected chi connectivity index (χ0v) is 11.1. The first-order valence-corrected chi connectivity index (χ1v) is 6.06. The molecule has 0 amide bonds. The maximum Gasteiger partial charge on any atom is 0.142 e. The molecule has 0 radical (unpaired) electrons. The molecule has 1 aromatic rings.